The molecule has 0 aliphatic heterocycles. The van der Waals surface area contributed by atoms with E-state index in [0.717, 1.165) is 5.56 Å². The van der Waals surface area contributed by atoms with Gasteiger partial charge in [0.25, 0.3) is 10.0 Å². The van der Waals surface area contributed by atoms with Gasteiger partial charge in [-0.1, -0.05) is 0 Å². The second kappa shape index (κ2) is 5.25. The van der Waals surface area contributed by atoms with Crippen LogP contribution in [-0.4, -0.2) is 14.3 Å². The number of aryl methyl sites for hydroxylation is 1. The van der Waals surface area contributed by atoms with Gasteiger partial charge in [-0.05, 0) is 43.7 Å². The SMILES string of the molecule is CC(=O)N(c1occ(C)c1C)S(=O)(=O)c1ccc(N)cc1. The summed E-state index contributed by atoms with van der Waals surface area (Å²) >= 11 is 0. The molecule has 0 fully saturated rings. The molecular weight excluding hydrogens is 292 g/mol. The summed E-state index contributed by atoms with van der Waals surface area (Å²) in [4.78, 5) is 11.8. The van der Waals surface area contributed by atoms with Crippen molar-refractivity contribution < 1.29 is 17.6 Å². The summed E-state index contributed by atoms with van der Waals surface area (Å²) in [5.41, 5.74) is 7.36. The van der Waals surface area contributed by atoms with Crippen LogP contribution < -0.4 is 10.0 Å². The minimum Gasteiger partial charge on any atom is -0.447 e. The van der Waals surface area contributed by atoms with Gasteiger partial charge in [0.2, 0.25) is 11.8 Å². The van der Waals surface area contributed by atoms with Crippen molar-refractivity contribution in [2.75, 3.05) is 10.0 Å². The van der Waals surface area contributed by atoms with E-state index in [1.165, 1.54) is 37.5 Å². The Morgan fingerprint density at radius 1 is 1.19 bits per heavy atom. The molecule has 1 amide bonds. The van der Waals surface area contributed by atoms with Crippen LogP contribution in [0.25, 0.3) is 0 Å². The molecule has 0 radical (unpaired) electrons. The number of rotatable bonds is 3. The lowest BCUT2D eigenvalue weighted by Gasteiger charge is -2.19. The van der Waals surface area contributed by atoms with Gasteiger partial charge < -0.3 is 10.2 Å². The molecule has 112 valence electrons. The summed E-state index contributed by atoms with van der Waals surface area (Å²) in [6, 6.07) is 5.63. The van der Waals surface area contributed by atoms with Crippen LogP contribution in [0.1, 0.15) is 18.1 Å². The van der Waals surface area contributed by atoms with E-state index in [-0.39, 0.29) is 10.8 Å². The molecule has 1 aromatic carbocycles. The summed E-state index contributed by atoms with van der Waals surface area (Å²) in [7, 11) is -4.04. The lowest BCUT2D eigenvalue weighted by molar-refractivity contribution is -0.115. The first-order chi connectivity index (χ1) is 9.75. The number of furan rings is 1. The first kappa shape index (κ1) is 15.1. The van der Waals surface area contributed by atoms with Gasteiger partial charge in [0, 0.05) is 18.2 Å². The number of benzene rings is 1. The van der Waals surface area contributed by atoms with Crippen LogP contribution in [0.5, 0.6) is 0 Å². The average Bonchev–Trinajstić information content (AvgIpc) is 2.71. The minimum atomic E-state index is -4.04. The number of nitrogen functional groups attached to an aromatic ring is 1. The third-order valence-electron chi connectivity index (χ3n) is 3.15. The number of nitrogens with zero attached hydrogens (tertiary/aromatic N) is 1. The minimum absolute atomic E-state index is 0.0109. The van der Waals surface area contributed by atoms with E-state index >= 15 is 0 Å². The number of nitrogens with two attached hydrogens (primary N) is 1. The van der Waals surface area contributed by atoms with Crippen LogP contribution in [0, 0.1) is 13.8 Å². The molecule has 2 N–H and O–H groups in total. The molecule has 0 saturated carbocycles. The zero-order valence-corrected chi connectivity index (χ0v) is 12.8. The normalized spacial score (nSPS) is 11.4. The largest absolute Gasteiger partial charge is 0.447 e. The van der Waals surface area contributed by atoms with Crippen molar-refractivity contribution >= 4 is 27.5 Å². The van der Waals surface area contributed by atoms with Crippen LogP contribution in [0.3, 0.4) is 0 Å². The summed E-state index contributed by atoms with van der Waals surface area (Å²) in [6.45, 7) is 4.64. The van der Waals surface area contributed by atoms with Gasteiger partial charge in [0.15, 0.2) is 0 Å². The van der Waals surface area contributed by atoms with E-state index in [0.29, 0.717) is 15.6 Å². The zero-order valence-electron chi connectivity index (χ0n) is 12.0. The molecular formula is C14H16N2O4S. The molecule has 1 heterocycles. The van der Waals surface area contributed by atoms with Gasteiger partial charge >= 0.3 is 0 Å². The van der Waals surface area contributed by atoms with Crippen molar-refractivity contribution in [2.24, 2.45) is 0 Å². The van der Waals surface area contributed by atoms with Gasteiger partial charge in [0.1, 0.15) is 0 Å². The Labute approximate surface area is 123 Å². The van der Waals surface area contributed by atoms with E-state index < -0.39 is 15.9 Å². The molecule has 0 atom stereocenters. The molecule has 2 rings (SSSR count). The standard InChI is InChI=1S/C14H16N2O4S/c1-9-8-20-14(10(9)2)16(11(3)17)21(18,19)13-6-4-12(15)5-7-13/h4-8H,15H2,1-3H3. The first-order valence-electron chi connectivity index (χ1n) is 6.21. The molecule has 0 bridgehead atoms. The molecule has 0 saturated heterocycles. The number of carbonyl (C=O) groups excluding carboxylic acids is 1. The van der Waals surface area contributed by atoms with E-state index in [1.807, 2.05) is 0 Å². The van der Waals surface area contributed by atoms with E-state index in [9.17, 15) is 13.2 Å². The number of carbonyl (C=O) groups is 1. The maximum atomic E-state index is 12.7. The lowest BCUT2D eigenvalue weighted by Crippen LogP contribution is -2.35. The fraction of sp³-hybridized carbons (Fsp3) is 0.214. The Kier molecular flexibility index (Phi) is 3.78. The molecule has 0 aliphatic rings. The Bertz CT molecular complexity index is 776. The van der Waals surface area contributed by atoms with E-state index in [4.69, 9.17) is 10.2 Å². The third-order valence-corrected chi connectivity index (χ3v) is 4.92. The smallest absolute Gasteiger partial charge is 0.273 e. The molecule has 0 spiro atoms. The van der Waals surface area contributed by atoms with Crippen molar-refractivity contribution in [3.05, 3.63) is 41.7 Å². The van der Waals surface area contributed by atoms with Crippen molar-refractivity contribution in [1.82, 2.24) is 0 Å². The highest BCUT2D eigenvalue weighted by Gasteiger charge is 2.32. The molecule has 0 aliphatic carbocycles. The van der Waals surface area contributed by atoms with Crippen LogP contribution >= 0.6 is 0 Å². The summed E-state index contributed by atoms with van der Waals surface area (Å²) in [5.74, 6) is -0.638. The molecule has 7 heteroatoms. The summed E-state index contributed by atoms with van der Waals surface area (Å²) in [6.07, 6.45) is 1.42. The third kappa shape index (κ3) is 2.64. The monoisotopic (exact) mass is 308 g/mol. The average molecular weight is 308 g/mol. The highest BCUT2D eigenvalue weighted by molar-refractivity contribution is 7.93. The maximum absolute atomic E-state index is 12.7. The molecule has 0 unspecified atom stereocenters. The van der Waals surface area contributed by atoms with Gasteiger partial charge in [-0.25, -0.2) is 8.42 Å². The second-order valence-electron chi connectivity index (χ2n) is 4.71. The number of hydrogen-bond acceptors (Lipinski definition) is 5. The zero-order chi connectivity index (χ0) is 15.8. The fourth-order valence-electron chi connectivity index (χ4n) is 1.86. The lowest BCUT2D eigenvalue weighted by atomic mass is 10.2. The Morgan fingerprint density at radius 2 is 1.76 bits per heavy atom. The summed E-state index contributed by atoms with van der Waals surface area (Å²) < 4.78 is 31.2. The molecule has 21 heavy (non-hydrogen) atoms. The summed E-state index contributed by atoms with van der Waals surface area (Å²) in [5, 5.41) is 0. The number of amides is 1. The highest BCUT2D eigenvalue weighted by atomic mass is 32.2. The van der Waals surface area contributed by atoms with E-state index in [2.05, 4.69) is 0 Å². The van der Waals surface area contributed by atoms with Gasteiger partial charge in [-0.2, -0.15) is 4.31 Å². The Balaban J connectivity index is 2.60. The number of hydrogen-bond donors (Lipinski definition) is 1. The number of sulfonamides is 1. The second-order valence-corrected chi connectivity index (χ2v) is 6.49. The highest BCUT2D eigenvalue weighted by Crippen LogP contribution is 2.30. The molecule has 2 aromatic rings. The topological polar surface area (TPSA) is 93.6 Å². The van der Waals surface area contributed by atoms with Crippen molar-refractivity contribution in [1.29, 1.82) is 0 Å². The predicted octanol–water partition coefficient (Wildman–Crippen LogP) is 2.22. The van der Waals surface area contributed by atoms with Crippen LogP contribution in [0.2, 0.25) is 0 Å². The van der Waals surface area contributed by atoms with Gasteiger partial charge in [-0.3, -0.25) is 4.79 Å². The predicted molar refractivity (Wildman–Crippen MR) is 79.4 cm³/mol. The van der Waals surface area contributed by atoms with Crippen molar-refractivity contribution in [2.45, 2.75) is 25.7 Å². The quantitative estimate of drug-likeness (QED) is 0.877. The van der Waals surface area contributed by atoms with Crippen molar-refractivity contribution in [3.8, 4) is 0 Å². The van der Waals surface area contributed by atoms with Crippen LogP contribution in [0.15, 0.2) is 39.8 Å². The van der Waals surface area contributed by atoms with Gasteiger partial charge in [-0.15, -0.1) is 0 Å². The first-order valence-corrected chi connectivity index (χ1v) is 7.65. The van der Waals surface area contributed by atoms with Crippen LogP contribution in [0.4, 0.5) is 11.6 Å². The Hall–Kier alpha value is -2.28. The van der Waals surface area contributed by atoms with E-state index in [1.54, 1.807) is 13.8 Å². The van der Waals surface area contributed by atoms with Crippen LogP contribution in [-0.2, 0) is 14.8 Å². The van der Waals surface area contributed by atoms with Crippen molar-refractivity contribution in [3.63, 3.8) is 0 Å². The molecule has 6 nitrogen and oxygen atoms in total. The number of anilines is 2. The molecule has 1 aromatic heterocycles. The Morgan fingerprint density at radius 3 is 2.19 bits per heavy atom. The van der Waals surface area contributed by atoms with Gasteiger partial charge in [0.05, 0.1) is 11.2 Å². The fourth-order valence-corrected chi connectivity index (χ4v) is 3.28. The maximum Gasteiger partial charge on any atom is 0.273 e.